The van der Waals surface area contributed by atoms with Crippen LogP contribution in [0, 0.1) is 0 Å². The largest absolute Gasteiger partial charge is 0.496 e. The summed E-state index contributed by atoms with van der Waals surface area (Å²) < 4.78 is 7.79. The molecule has 1 aromatic carbocycles. The molecule has 1 heterocycles. The van der Waals surface area contributed by atoms with Gasteiger partial charge in [0.2, 0.25) is 0 Å². The predicted octanol–water partition coefficient (Wildman–Crippen LogP) is 3.42. The van der Waals surface area contributed by atoms with Gasteiger partial charge in [0.25, 0.3) is 0 Å². The molecule has 0 atom stereocenters. The first-order valence-corrected chi connectivity index (χ1v) is 11.5. The van der Waals surface area contributed by atoms with Crippen LogP contribution < -0.4 is 15.4 Å². The quantitative estimate of drug-likeness (QED) is 0.282. The Bertz CT molecular complexity index is 800. The highest BCUT2D eigenvalue weighted by Gasteiger charge is 2.23. The summed E-state index contributed by atoms with van der Waals surface area (Å²) in [5, 5.41) is 16.7. The number of guanidine groups is 1. The van der Waals surface area contributed by atoms with Crippen molar-refractivity contribution in [2.24, 2.45) is 4.99 Å². The van der Waals surface area contributed by atoms with Crippen LogP contribution in [0.2, 0.25) is 0 Å². The van der Waals surface area contributed by atoms with Gasteiger partial charge in [0, 0.05) is 38.2 Å². The topological polar surface area (TPSA) is 76.4 Å². The molecule has 8 heteroatoms. The van der Waals surface area contributed by atoms with Gasteiger partial charge in [-0.1, -0.05) is 42.8 Å². The van der Waals surface area contributed by atoms with Crippen LogP contribution in [0.3, 0.4) is 0 Å². The molecule has 0 aliphatic heterocycles. The van der Waals surface area contributed by atoms with E-state index in [-0.39, 0.29) is 0 Å². The molecule has 1 fully saturated rings. The molecule has 0 bridgehead atoms. The number of nitrogens with one attached hydrogen (secondary N) is 2. The van der Waals surface area contributed by atoms with E-state index in [1.165, 1.54) is 25.7 Å². The molecule has 7 nitrogen and oxygen atoms in total. The van der Waals surface area contributed by atoms with Crippen molar-refractivity contribution in [3.8, 4) is 5.75 Å². The lowest BCUT2D eigenvalue weighted by Crippen LogP contribution is -2.37. The monoisotopic (exact) mass is 416 g/mol. The normalized spacial score (nSPS) is 14.9. The first-order chi connectivity index (χ1) is 14.3. The Morgan fingerprint density at radius 1 is 1.24 bits per heavy atom. The lowest BCUT2D eigenvalue weighted by Gasteiger charge is -2.16. The average molecular weight is 417 g/mol. The lowest BCUT2D eigenvalue weighted by molar-refractivity contribution is 0.409. The minimum absolute atomic E-state index is 0.575. The van der Waals surface area contributed by atoms with Gasteiger partial charge in [0.05, 0.1) is 7.11 Å². The molecule has 158 valence electrons. The van der Waals surface area contributed by atoms with Crippen LogP contribution in [-0.4, -0.2) is 47.7 Å². The van der Waals surface area contributed by atoms with Crippen LogP contribution in [0.5, 0.6) is 5.75 Å². The van der Waals surface area contributed by atoms with Crippen molar-refractivity contribution in [1.29, 1.82) is 0 Å². The van der Waals surface area contributed by atoms with Crippen molar-refractivity contribution in [3.63, 3.8) is 0 Å². The fourth-order valence-electron chi connectivity index (χ4n) is 3.85. The Morgan fingerprint density at radius 2 is 2.03 bits per heavy atom. The molecule has 1 aliphatic carbocycles. The van der Waals surface area contributed by atoms with Crippen molar-refractivity contribution in [2.45, 2.75) is 56.3 Å². The molecular weight excluding hydrogens is 384 g/mol. The number of thioether (sulfide) groups is 1. The molecule has 2 N–H and O–H groups in total. The average Bonchev–Trinajstić information content (AvgIpc) is 3.42. The molecule has 1 aliphatic rings. The predicted molar refractivity (Wildman–Crippen MR) is 119 cm³/mol. The number of rotatable bonds is 9. The van der Waals surface area contributed by atoms with E-state index < -0.39 is 0 Å². The zero-order chi connectivity index (χ0) is 20.5. The lowest BCUT2D eigenvalue weighted by atomic mass is 10.2. The second kappa shape index (κ2) is 11.1. The molecule has 0 saturated heterocycles. The molecular formula is C21H32N6OS. The van der Waals surface area contributed by atoms with Gasteiger partial charge >= 0.3 is 0 Å². The van der Waals surface area contributed by atoms with Gasteiger partial charge in [-0.05, 0) is 31.6 Å². The summed E-state index contributed by atoms with van der Waals surface area (Å²) in [4.78, 5) is 4.32. The zero-order valence-electron chi connectivity index (χ0n) is 17.6. The number of aryl methyl sites for hydroxylation is 1. The van der Waals surface area contributed by atoms with Crippen LogP contribution in [0.4, 0.5) is 0 Å². The number of para-hydroxylation sites is 1. The third-order valence-corrected chi connectivity index (χ3v) is 5.98. The van der Waals surface area contributed by atoms with Gasteiger partial charge in [-0.25, -0.2) is 0 Å². The highest BCUT2D eigenvalue weighted by Crippen LogP contribution is 2.33. The molecule has 0 unspecified atom stereocenters. The van der Waals surface area contributed by atoms with Crippen molar-refractivity contribution < 1.29 is 4.74 Å². The molecule has 3 rings (SSSR count). The number of methoxy groups -OCH3 is 1. The van der Waals surface area contributed by atoms with Crippen molar-refractivity contribution in [2.75, 3.05) is 27.0 Å². The summed E-state index contributed by atoms with van der Waals surface area (Å²) >= 11 is 1.69. The minimum Gasteiger partial charge on any atom is -0.496 e. The Kier molecular flexibility index (Phi) is 8.22. The molecule has 0 radical (unpaired) electrons. The van der Waals surface area contributed by atoms with Crippen molar-refractivity contribution in [1.82, 2.24) is 25.4 Å². The van der Waals surface area contributed by atoms with E-state index in [0.29, 0.717) is 12.6 Å². The third-order valence-electron chi connectivity index (χ3n) is 5.34. The number of hydrogen-bond donors (Lipinski definition) is 2. The van der Waals surface area contributed by atoms with Gasteiger partial charge < -0.3 is 19.9 Å². The summed E-state index contributed by atoms with van der Waals surface area (Å²) in [6, 6.07) is 8.58. The Hall–Kier alpha value is -2.22. The van der Waals surface area contributed by atoms with E-state index in [1.807, 2.05) is 18.2 Å². The molecule has 0 amide bonds. The van der Waals surface area contributed by atoms with Crippen LogP contribution >= 0.6 is 11.8 Å². The van der Waals surface area contributed by atoms with Gasteiger partial charge in [-0.2, -0.15) is 0 Å². The molecule has 1 saturated carbocycles. The van der Waals surface area contributed by atoms with Gasteiger partial charge in [0.15, 0.2) is 11.1 Å². The summed E-state index contributed by atoms with van der Waals surface area (Å²) in [6.45, 7) is 1.49. The van der Waals surface area contributed by atoms with E-state index in [1.54, 1.807) is 25.9 Å². The molecule has 1 aromatic heterocycles. The Labute approximate surface area is 177 Å². The molecule has 29 heavy (non-hydrogen) atoms. The summed E-state index contributed by atoms with van der Waals surface area (Å²) in [5.41, 5.74) is 1.10. The van der Waals surface area contributed by atoms with Gasteiger partial charge in [-0.3, -0.25) is 4.99 Å². The smallest absolute Gasteiger partial charge is 0.191 e. The van der Waals surface area contributed by atoms with Crippen molar-refractivity contribution in [3.05, 3.63) is 35.7 Å². The van der Waals surface area contributed by atoms with E-state index in [2.05, 4.69) is 42.7 Å². The van der Waals surface area contributed by atoms with Crippen molar-refractivity contribution >= 4 is 17.7 Å². The second-order valence-electron chi connectivity index (χ2n) is 7.18. The highest BCUT2D eigenvalue weighted by molar-refractivity contribution is 7.98. The maximum Gasteiger partial charge on any atom is 0.191 e. The number of benzene rings is 1. The fourth-order valence-corrected chi connectivity index (χ4v) is 4.42. The highest BCUT2D eigenvalue weighted by atomic mass is 32.2. The van der Waals surface area contributed by atoms with E-state index in [4.69, 9.17) is 4.74 Å². The van der Waals surface area contributed by atoms with Crippen LogP contribution in [0.1, 0.15) is 49.5 Å². The van der Waals surface area contributed by atoms with Gasteiger partial charge in [0.1, 0.15) is 11.6 Å². The van der Waals surface area contributed by atoms with Crippen LogP contribution in [-0.2, 0) is 13.0 Å². The van der Waals surface area contributed by atoms with E-state index >= 15 is 0 Å². The molecule has 0 spiro atoms. The summed E-state index contributed by atoms with van der Waals surface area (Å²) in [7, 11) is 3.48. The standard InChI is InChI=1S/C21H32N6OS/c1-22-20(24-15-16-9-4-7-12-18(16)28-2)23-14-8-13-19-25-26-21(29-3)27(19)17-10-5-6-11-17/h4,7,9,12,17H,5-6,8,10-11,13-15H2,1-3H3,(H2,22,23,24). The zero-order valence-corrected chi connectivity index (χ0v) is 18.5. The van der Waals surface area contributed by atoms with Gasteiger partial charge in [-0.15, -0.1) is 10.2 Å². The third kappa shape index (κ3) is 5.65. The Morgan fingerprint density at radius 3 is 2.76 bits per heavy atom. The maximum absolute atomic E-state index is 5.41. The SMILES string of the molecule is CN=C(NCCCc1nnc(SC)n1C1CCCC1)NCc1ccccc1OC. The Balaban J connectivity index is 1.47. The minimum atomic E-state index is 0.575. The summed E-state index contributed by atoms with van der Waals surface area (Å²) in [5.74, 6) is 2.78. The number of ether oxygens (including phenoxy) is 1. The van der Waals surface area contributed by atoms with E-state index in [9.17, 15) is 0 Å². The number of aromatic nitrogens is 3. The van der Waals surface area contributed by atoms with E-state index in [0.717, 1.165) is 47.6 Å². The number of aliphatic imine (C=N–C) groups is 1. The van der Waals surface area contributed by atoms with Crippen LogP contribution in [0.15, 0.2) is 34.4 Å². The summed E-state index contributed by atoms with van der Waals surface area (Å²) in [6.07, 6.45) is 9.10. The second-order valence-corrected chi connectivity index (χ2v) is 7.95. The maximum atomic E-state index is 5.41. The van der Waals surface area contributed by atoms with Crippen LogP contribution in [0.25, 0.3) is 0 Å². The fraction of sp³-hybridized carbons (Fsp3) is 0.571. The molecule has 2 aromatic rings. The first kappa shape index (κ1) is 21.5. The first-order valence-electron chi connectivity index (χ1n) is 10.3. The number of nitrogens with zero attached hydrogens (tertiary/aromatic N) is 4. The number of hydrogen-bond acceptors (Lipinski definition) is 5.